The highest BCUT2D eigenvalue weighted by Gasteiger charge is 2.29. The van der Waals surface area contributed by atoms with E-state index >= 15 is 0 Å². The van der Waals surface area contributed by atoms with Gasteiger partial charge in [-0.05, 0) is 19.4 Å². The number of carbonyl (C=O) groups excluding carboxylic acids is 1. The van der Waals surface area contributed by atoms with Crippen LogP contribution in [-0.2, 0) is 11.3 Å². The molecule has 0 aliphatic carbocycles. The number of nitrogens with two attached hydrogens (primary N) is 1. The van der Waals surface area contributed by atoms with Crippen LogP contribution in [0, 0.1) is 17.0 Å². The number of hydrogen-bond acceptors (Lipinski definition) is 6. The van der Waals surface area contributed by atoms with Crippen molar-refractivity contribution in [2.45, 2.75) is 20.4 Å². The Kier molecular flexibility index (Phi) is 5.76. The largest absolute Gasteiger partial charge is 0.449 e. The van der Waals surface area contributed by atoms with E-state index in [2.05, 4.69) is 4.98 Å². The molecule has 8 nitrogen and oxygen atoms in total. The fourth-order valence-electron chi connectivity index (χ4n) is 2.23. The molecule has 0 atom stereocenters. The summed E-state index contributed by atoms with van der Waals surface area (Å²) in [6.07, 6.45) is -0.743. The average molecular weight is 365 g/mol. The Labute approximate surface area is 149 Å². The average Bonchev–Trinajstić information content (AvgIpc) is 2.53. The van der Waals surface area contributed by atoms with Crippen LogP contribution in [0.1, 0.15) is 18.1 Å². The molecule has 0 aliphatic heterocycles. The normalized spacial score (nSPS) is 10.4. The van der Waals surface area contributed by atoms with Gasteiger partial charge in [0.15, 0.2) is 0 Å². The predicted octanol–water partition coefficient (Wildman–Crippen LogP) is 3.70. The molecule has 0 spiro atoms. The fraction of sp³-hybridized carbons (Fsp3) is 0.250. The number of amides is 1. The van der Waals surface area contributed by atoms with Crippen LogP contribution in [0.25, 0.3) is 0 Å². The number of pyridine rings is 1. The van der Waals surface area contributed by atoms with Gasteiger partial charge in [-0.2, -0.15) is 0 Å². The van der Waals surface area contributed by atoms with Gasteiger partial charge in [0.1, 0.15) is 10.8 Å². The van der Waals surface area contributed by atoms with Crippen LogP contribution in [0.15, 0.2) is 30.3 Å². The van der Waals surface area contributed by atoms with Crippen LogP contribution in [-0.4, -0.2) is 22.6 Å². The lowest BCUT2D eigenvalue weighted by molar-refractivity contribution is -0.383. The summed E-state index contributed by atoms with van der Waals surface area (Å²) < 4.78 is 5.03. The van der Waals surface area contributed by atoms with E-state index in [1.54, 1.807) is 6.92 Å². The van der Waals surface area contributed by atoms with Crippen molar-refractivity contribution in [2.75, 3.05) is 17.2 Å². The van der Waals surface area contributed by atoms with E-state index in [0.29, 0.717) is 0 Å². The van der Waals surface area contributed by atoms with E-state index < -0.39 is 16.7 Å². The second-order valence-corrected chi connectivity index (χ2v) is 5.61. The Morgan fingerprint density at radius 1 is 1.40 bits per heavy atom. The van der Waals surface area contributed by atoms with Crippen molar-refractivity contribution in [3.63, 3.8) is 0 Å². The maximum absolute atomic E-state index is 12.4. The molecule has 132 valence electrons. The van der Waals surface area contributed by atoms with Gasteiger partial charge in [0.2, 0.25) is 5.82 Å². The van der Waals surface area contributed by atoms with Crippen molar-refractivity contribution < 1.29 is 14.5 Å². The van der Waals surface area contributed by atoms with E-state index in [-0.39, 0.29) is 29.8 Å². The summed E-state index contributed by atoms with van der Waals surface area (Å²) in [6.45, 7) is 3.75. The van der Waals surface area contributed by atoms with Crippen LogP contribution >= 0.6 is 11.6 Å². The van der Waals surface area contributed by atoms with Crippen molar-refractivity contribution >= 4 is 34.9 Å². The summed E-state index contributed by atoms with van der Waals surface area (Å²) in [7, 11) is 0. The number of nitrogen functional groups attached to an aromatic ring is 1. The van der Waals surface area contributed by atoms with Gasteiger partial charge in [-0.15, -0.1) is 0 Å². The molecular formula is C16H17ClN4O4. The highest BCUT2D eigenvalue weighted by atomic mass is 35.5. The molecule has 0 radical (unpaired) electrons. The second-order valence-electron chi connectivity index (χ2n) is 5.23. The Balaban J connectivity index is 2.54. The third-order valence-corrected chi connectivity index (χ3v) is 3.58. The zero-order valence-electron chi connectivity index (χ0n) is 13.7. The topological polar surface area (TPSA) is 112 Å². The third kappa shape index (κ3) is 4.36. The smallest absolute Gasteiger partial charge is 0.414 e. The minimum absolute atomic E-state index is 0.0553. The third-order valence-electron chi connectivity index (χ3n) is 3.39. The molecule has 2 N–H and O–H groups in total. The van der Waals surface area contributed by atoms with E-state index in [1.165, 1.54) is 6.07 Å². The number of ether oxygens (including phenoxy) is 1. The van der Waals surface area contributed by atoms with Crippen molar-refractivity contribution in [2.24, 2.45) is 0 Å². The van der Waals surface area contributed by atoms with E-state index in [9.17, 15) is 14.9 Å². The van der Waals surface area contributed by atoms with Crippen LogP contribution in [0.3, 0.4) is 0 Å². The molecule has 0 saturated carbocycles. The summed E-state index contributed by atoms with van der Waals surface area (Å²) in [5.41, 5.74) is 6.88. The summed E-state index contributed by atoms with van der Waals surface area (Å²) in [6, 6.07) is 8.61. The van der Waals surface area contributed by atoms with Gasteiger partial charge < -0.3 is 10.5 Å². The summed E-state index contributed by atoms with van der Waals surface area (Å²) in [5, 5.41) is 11.3. The lowest BCUT2D eigenvalue weighted by atomic mass is 10.1. The van der Waals surface area contributed by atoms with E-state index in [4.69, 9.17) is 22.1 Å². The van der Waals surface area contributed by atoms with Gasteiger partial charge in [0, 0.05) is 6.07 Å². The van der Waals surface area contributed by atoms with Crippen LogP contribution < -0.4 is 10.6 Å². The maximum Gasteiger partial charge on any atom is 0.414 e. The van der Waals surface area contributed by atoms with Gasteiger partial charge in [-0.3, -0.25) is 15.0 Å². The first-order valence-corrected chi connectivity index (χ1v) is 7.81. The fourth-order valence-corrected chi connectivity index (χ4v) is 2.43. The van der Waals surface area contributed by atoms with E-state index in [0.717, 1.165) is 16.0 Å². The Morgan fingerprint density at radius 2 is 2.04 bits per heavy atom. The van der Waals surface area contributed by atoms with Crippen molar-refractivity contribution in [1.82, 2.24) is 4.98 Å². The molecule has 1 aromatic carbocycles. The number of nitro groups is 1. The molecule has 25 heavy (non-hydrogen) atoms. The molecule has 2 aromatic rings. The molecule has 1 amide bonds. The molecule has 0 aliphatic rings. The lowest BCUT2D eigenvalue weighted by Gasteiger charge is -2.22. The van der Waals surface area contributed by atoms with Crippen LogP contribution in [0.2, 0.25) is 5.15 Å². The van der Waals surface area contributed by atoms with Crippen molar-refractivity contribution in [3.8, 4) is 0 Å². The maximum atomic E-state index is 12.4. The standard InChI is InChI=1S/C16H17ClN4O4/c1-3-25-16(22)20(9-11-6-4-10(2)5-7-11)12-8-13(17)19-15(18)14(12)21(23)24/h4-8H,3,9H2,1-2H3,(H2,18,19). The van der Waals surface area contributed by atoms with Crippen LogP contribution in [0.4, 0.5) is 22.0 Å². The molecule has 0 bridgehead atoms. The number of nitrogens with zero attached hydrogens (tertiary/aromatic N) is 3. The monoisotopic (exact) mass is 364 g/mol. The van der Waals surface area contributed by atoms with Gasteiger partial charge in [-0.1, -0.05) is 41.4 Å². The zero-order chi connectivity index (χ0) is 18.6. The first kappa shape index (κ1) is 18.5. The molecular weight excluding hydrogens is 348 g/mol. The van der Waals surface area contributed by atoms with Crippen LogP contribution in [0.5, 0.6) is 0 Å². The number of halogens is 1. The summed E-state index contributed by atoms with van der Waals surface area (Å²) >= 11 is 5.88. The number of aryl methyl sites for hydroxylation is 1. The first-order valence-electron chi connectivity index (χ1n) is 7.43. The van der Waals surface area contributed by atoms with Gasteiger partial charge in [0.05, 0.1) is 18.1 Å². The SMILES string of the molecule is CCOC(=O)N(Cc1ccc(C)cc1)c1cc(Cl)nc(N)c1[N+](=O)[O-]. The second kappa shape index (κ2) is 7.80. The van der Waals surface area contributed by atoms with Gasteiger partial charge in [0.25, 0.3) is 0 Å². The van der Waals surface area contributed by atoms with Gasteiger partial charge >= 0.3 is 11.8 Å². The number of aromatic nitrogens is 1. The number of carbonyl (C=O) groups is 1. The highest BCUT2D eigenvalue weighted by Crippen LogP contribution is 2.36. The Morgan fingerprint density at radius 3 is 2.60 bits per heavy atom. The number of anilines is 2. The molecule has 0 unspecified atom stereocenters. The summed E-state index contributed by atoms with van der Waals surface area (Å²) in [5.74, 6) is -0.370. The van der Waals surface area contributed by atoms with Crippen molar-refractivity contribution in [1.29, 1.82) is 0 Å². The quantitative estimate of drug-likeness (QED) is 0.492. The van der Waals surface area contributed by atoms with Crippen molar-refractivity contribution in [3.05, 3.63) is 56.7 Å². The number of benzene rings is 1. The molecule has 9 heteroatoms. The molecule has 0 fully saturated rings. The summed E-state index contributed by atoms with van der Waals surface area (Å²) in [4.78, 5) is 27.9. The number of hydrogen-bond donors (Lipinski definition) is 1. The number of rotatable bonds is 5. The van der Waals surface area contributed by atoms with E-state index in [1.807, 2.05) is 31.2 Å². The minimum atomic E-state index is -0.743. The molecule has 2 rings (SSSR count). The molecule has 1 aromatic heterocycles. The zero-order valence-corrected chi connectivity index (χ0v) is 14.5. The Hall–Kier alpha value is -2.87. The Bertz CT molecular complexity index is 795. The first-order chi connectivity index (χ1) is 11.8. The minimum Gasteiger partial charge on any atom is -0.449 e. The molecule has 0 saturated heterocycles. The lowest BCUT2D eigenvalue weighted by Crippen LogP contribution is -2.32. The van der Waals surface area contributed by atoms with Gasteiger partial charge in [-0.25, -0.2) is 9.78 Å². The molecule has 1 heterocycles. The predicted molar refractivity (Wildman–Crippen MR) is 94.7 cm³/mol. The highest BCUT2D eigenvalue weighted by molar-refractivity contribution is 6.30.